The summed E-state index contributed by atoms with van der Waals surface area (Å²) in [6, 6.07) is 2.61. The number of amides is 2. The number of benzene rings is 1. The molecular formula is C15H21N3O5. The highest BCUT2D eigenvalue weighted by molar-refractivity contribution is 5.90. The molecule has 0 heterocycles. The number of rotatable bonds is 6. The van der Waals surface area contributed by atoms with Crippen molar-refractivity contribution in [3.05, 3.63) is 23.8 Å². The minimum atomic E-state index is -0.965. The van der Waals surface area contributed by atoms with E-state index in [2.05, 4.69) is 15.4 Å². The molecular weight excluding hydrogens is 302 g/mol. The van der Waals surface area contributed by atoms with E-state index in [9.17, 15) is 19.5 Å². The van der Waals surface area contributed by atoms with Gasteiger partial charge in [-0.15, -0.1) is 0 Å². The van der Waals surface area contributed by atoms with Crippen LogP contribution in [0.3, 0.4) is 0 Å². The Balaban J connectivity index is 2.91. The van der Waals surface area contributed by atoms with Crippen LogP contribution in [0.1, 0.15) is 19.4 Å². The lowest BCUT2D eigenvalue weighted by molar-refractivity contribution is -0.144. The Bertz CT molecular complexity index is 603. The largest absolute Gasteiger partial charge is 0.508 e. The van der Waals surface area contributed by atoms with Gasteiger partial charge in [-0.3, -0.25) is 9.59 Å². The number of anilines is 1. The third-order valence-corrected chi connectivity index (χ3v) is 3.14. The van der Waals surface area contributed by atoms with E-state index in [4.69, 9.17) is 5.73 Å². The van der Waals surface area contributed by atoms with Gasteiger partial charge in [0.05, 0.1) is 7.11 Å². The van der Waals surface area contributed by atoms with E-state index in [0.29, 0.717) is 11.3 Å². The molecule has 0 aliphatic carbocycles. The van der Waals surface area contributed by atoms with Crippen LogP contribution in [0.4, 0.5) is 5.69 Å². The van der Waals surface area contributed by atoms with Crippen molar-refractivity contribution < 1.29 is 24.2 Å². The Morgan fingerprint density at radius 2 is 1.96 bits per heavy atom. The Hall–Kier alpha value is -2.77. The number of nitrogens with one attached hydrogen (secondary N) is 2. The zero-order valence-electron chi connectivity index (χ0n) is 13.3. The molecule has 8 heteroatoms. The number of esters is 1. The maximum Gasteiger partial charge on any atom is 0.328 e. The quantitative estimate of drug-likeness (QED) is 0.323. The Labute approximate surface area is 134 Å². The summed E-state index contributed by atoms with van der Waals surface area (Å²) < 4.78 is 4.53. The fourth-order valence-electron chi connectivity index (χ4n) is 1.99. The van der Waals surface area contributed by atoms with E-state index in [-0.39, 0.29) is 12.2 Å². The normalized spacial score (nSPS) is 12.8. The van der Waals surface area contributed by atoms with Gasteiger partial charge in [-0.2, -0.15) is 0 Å². The molecule has 0 fully saturated rings. The zero-order chi connectivity index (χ0) is 17.6. The van der Waals surface area contributed by atoms with Gasteiger partial charge < -0.3 is 26.2 Å². The summed E-state index contributed by atoms with van der Waals surface area (Å²) in [6.07, 6.45) is 0.0240. The molecule has 2 atom stereocenters. The number of phenolic OH excluding ortho intramolecular Hbond substituents is 1. The number of aromatic hydroxyl groups is 1. The molecule has 8 nitrogen and oxygen atoms in total. The van der Waals surface area contributed by atoms with Crippen molar-refractivity contribution in [1.29, 1.82) is 0 Å². The molecule has 0 saturated carbocycles. The van der Waals surface area contributed by atoms with Crippen LogP contribution in [0.25, 0.3) is 0 Å². The molecule has 1 rings (SSSR count). The van der Waals surface area contributed by atoms with Crippen molar-refractivity contribution in [2.75, 3.05) is 12.8 Å². The van der Waals surface area contributed by atoms with E-state index < -0.39 is 29.9 Å². The summed E-state index contributed by atoms with van der Waals surface area (Å²) in [7, 11) is 1.21. The lowest BCUT2D eigenvalue weighted by atomic mass is 10.0. The minimum Gasteiger partial charge on any atom is -0.508 e. The van der Waals surface area contributed by atoms with Gasteiger partial charge in [0.1, 0.15) is 17.8 Å². The van der Waals surface area contributed by atoms with E-state index >= 15 is 0 Å². The van der Waals surface area contributed by atoms with Gasteiger partial charge in [-0.05, 0) is 30.7 Å². The second kappa shape index (κ2) is 8.02. The van der Waals surface area contributed by atoms with E-state index in [1.165, 1.54) is 39.2 Å². The van der Waals surface area contributed by atoms with Crippen LogP contribution in [0.15, 0.2) is 18.2 Å². The predicted molar refractivity (Wildman–Crippen MR) is 83.4 cm³/mol. The molecule has 126 valence electrons. The number of methoxy groups -OCH3 is 1. The summed E-state index contributed by atoms with van der Waals surface area (Å²) in [6.45, 7) is 2.73. The van der Waals surface area contributed by atoms with Gasteiger partial charge in [-0.25, -0.2) is 4.79 Å². The zero-order valence-corrected chi connectivity index (χ0v) is 13.3. The summed E-state index contributed by atoms with van der Waals surface area (Å²) in [4.78, 5) is 34.9. The van der Waals surface area contributed by atoms with Crippen molar-refractivity contribution in [2.24, 2.45) is 0 Å². The van der Waals surface area contributed by atoms with Gasteiger partial charge >= 0.3 is 5.97 Å². The summed E-state index contributed by atoms with van der Waals surface area (Å²) in [5.41, 5.74) is 6.49. The van der Waals surface area contributed by atoms with Crippen LogP contribution in [0, 0.1) is 0 Å². The number of nitrogen functional groups attached to an aromatic ring is 1. The van der Waals surface area contributed by atoms with Crippen molar-refractivity contribution >= 4 is 23.5 Å². The first kappa shape index (κ1) is 18.3. The summed E-state index contributed by atoms with van der Waals surface area (Å²) in [5, 5.41) is 14.8. The van der Waals surface area contributed by atoms with Gasteiger partial charge in [0.2, 0.25) is 11.8 Å². The Kier molecular flexibility index (Phi) is 6.37. The molecule has 0 bridgehead atoms. The topological polar surface area (TPSA) is 131 Å². The first-order chi connectivity index (χ1) is 10.7. The predicted octanol–water partition coefficient (Wildman–Crippen LogP) is -0.301. The highest BCUT2D eigenvalue weighted by atomic mass is 16.5. The molecule has 0 radical (unpaired) electrons. The van der Waals surface area contributed by atoms with E-state index in [1.807, 2.05) is 0 Å². The lowest BCUT2D eigenvalue weighted by Gasteiger charge is -2.20. The lowest BCUT2D eigenvalue weighted by Crippen LogP contribution is -2.51. The maximum absolute atomic E-state index is 12.3. The molecule has 0 aromatic heterocycles. The fourth-order valence-corrected chi connectivity index (χ4v) is 1.99. The summed E-state index contributed by atoms with van der Waals surface area (Å²) >= 11 is 0. The molecule has 0 spiro atoms. The third-order valence-electron chi connectivity index (χ3n) is 3.14. The second-order valence-electron chi connectivity index (χ2n) is 5.10. The first-order valence-corrected chi connectivity index (χ1v) is 6.97. The van der Waals surface area contributed by atoms with Crippen LogP contribution in [-0.4, -0.2) is 42.1 Å². The Morgan fingerprint density at radius 1 is 1.30 bits per heavy atom. The monoisotopic (exact) mass is 323 g/mol. The van der Waals surface area contributed by atoms with Crippen molar-refractivity contribution in [2.45, 2.75) is 32.4 Å². The van der Waals surface area contributed by atoms with Gasteiger partial charge in [0.25, 0.3) is 0 Å². The number of carbonyl (C=O) groups is 3. The number of carbonyl (C=O) groups excluding carboxylic acids is 3. The third kappa shape index (κ3) is 5.50. The maximum atomic E-state index is 12.3. The number of nitrogens with two attached hydrogens (primary N) is 1. The van der Waals surface area contributed by atoms with Crippen LogP contribution in [0.2, 0.25) is 0 Å². The smallest absolute Gasteiger partial charge is 0.328 e. The fraction of sp³-hybridized carbons (Fsp3) is 0.400. The molecule has 2 amide bonds. The molecule has 0 aliphatic rings. The SMILES string of the molecule is COC(=O)[C@H](C)NC(=O)[C@H](Cc1cc(N)ccc1O)NC(C)=O. The molecule has 5 N–H and O–H groups in total. The van der Waals surface area contributed by atoms with Crippen LogP contribution in [0.5, 0.6) is 5.75 Å². The highest BCUT2D eigenvalue weighted by Gasteiger charge is 2.25. The molecule has 23 heavy (non-hydrogen) atoms. The second-order valence-corrected chi connectivity index (χ2v) is 5.10. The Morgan fingerprint density at radius 3 is 2.52 bits per heavy atom. The average molecular weight is 323 g/mol. The van der Waals surface area contributed by atoms with Crippen molar-refractivity contribution in [3.8, 4) is 5.75 Å². The molecule has 1 aromatic rings. The van der Waals surface area contributed by atoms with Crippen molar-refractivity contribution in [3.63, 3.8) is 0 Å². The van der Waals surface area contributed by atoms with Crippen LogP contribution in [-0.2, 0) is 25.5 Å². The molecule has 0 unspecified atom stereocenters. The highest BCUT2D eigenvalue weighted by Crippen LogP contribution is 2.21. The molecule has 1 aromatic carbocycles. The van der Waals surface area contributed by atoms with Crippen molar-refractivity contribution in [1.82, 2.24) is 10.6 Å². The average Bonchev–Trinajstić information content (AvgIpc) is 2.48. The number of hydrogen-bond donors (Lipinski definition) is 4. The van der Waals surface area contributed by atoms with Gasteiger partial charge in [-0.1, -0.05) is 0 Å². The first-order valence-electron chi connectivity index (χ1n) is 6.97. The van der Waals surface area contributed by atoms with E-state index in [0.717, 1.165) is 0 Å². The number of hydrogen-bond acceptors (Lipinski definition) is 6. The van der Waals surface area contributed by atoms with E-state index in [1.54, 1.807) is 0 Å². The van der Waals surface area contributed by atoms with Gasteiger partial charge in [0, 0.05) is 19.0 Å². The minimum absolute atomic E-state index is 0.0240. The van der Waals surface area contributed by atoms with Crippen LogP contribution < -0.4 is 16.4 Å². The number of phenols is 1. The molecule has 0 aliphatic heterocycles. The standard InChI is InChI=1S/C15H21N3O5/c1-8(15(22)23-3)17-14(21)12(18-9(2)19)7-10-6-11(16)4-5-13(10)20/h4-6,8,12,20H,7,16H2,1-3H3,(H,17,21)(H,18,19)/t8-,12-/m0/s1. The number of ether oxygens (including phenoxy) is 1. The van der Waals surface area contributed by atoms with Crippen LogP contribution >= 0.6 is 0 Å². The summed E-state index contributed by atoms with van der Waals surface area (Å²) in [5.74, 6) is -1.63. The molecule has 0 saturated heterocycles. The van der Waals surface area contributed by atoms with Gasteiger partial charge in [0.15, 0.2) is 0 Å².